The molecule has 2 aromatic heterocycles. The second-order valence-corrected chi connectivity index (χ2v) is 14.7. The van der Waals surface area contributed by atoms with E-state index in [2.05, 4.69) is 56.6 Å². The summed E-state index contributed by atoms with van der Waals surface area (Å²) in [4.78, 5) is 82.6. The van der Waals surface area contributed by atoms with Gasteiger partial charge >= 0.3 is 0 Å². The molecule has 14 nitrogen and oxygen atoms in total. The van der Waals surface area contributed by atoms with Crippen LogP contribution >= 0.6 is 15.9 Å². The van der Waals surface area contributed by atoms with E-state index in [1.54, 1.807) is 30.7 Å². The van der Waals surface area contributed by atoms with Crippen LogP contribution in [0.15, 0.2) is 95.9 Å². The first-order valence-corrected chi connectivity index (χ1v) is 18.9. The van der Waals surface area contributed by atoms with Crippen LogP contribution in [0.25, 0.3) is 11.3 Å². The van der Waals surface area contributed by atoms with Crippen LogP contribution in [-0.4, -0.2) is 86.5 Å². The Balaban J connectivity index is 0.861. The van der Waals surface area contributed by atoms with Gasteiger partial charge in [-0.2, -0.15) is 0 Å². The topological polar surface area (TPSA) is 170 Å². The Labute approximate surface area is 330 Å². The molecule has 1 unspecified atom stereocenters. The molecule has 2 fully saturated rings. The summed E-state index contributed by atoms with van der Waals surface area (Å²) in [5.74, 6) is -1.90. The number of aryl methyl sites for hydroxylation is 1. The van der Waals surface area contributed by atoms with Crippen molar-refractivity contribution in [2.24, 2.45) is 0 Å². The zero-order valence-corrected chi connectivity index (χ0v) is 31.9. The Kier molecular flexibility index (Phi) is 10.1. The molecule has 15 heteroatoms. The van der Waals surface area contributed by atoms with Gasteiger partial charge in [0.2, 0.25) is 17.8 Å². The van der Waals surface area contributed by atoms with E-state index in [1.807, 2.05) is 67.6 Å². The molecular formula is C41H36BrN9O5. The van der Waals surface area contributed by atoms with Crippen molar-refractivity contribution in [2.75, 3.05) is 41.7 Å². The number of nitrogens with one attached hydrogen (secondary N) is 3. The Hall–Kier alpha value is -6.32. The quantitative estimate of drug-likeness (QED) is 0.165. The van der Waals surface area contributed by atoms with E-state index >= 15 is 0 Å². The molecule has 0 saturated carbocycles. The molecule has 1 atom stereocenters. The number of carbonyl (C=O) groups is 5. The lowest BCUT2D eigenvalue weighted by Crippen LogP contribution is -2.54. The Morgan fingerprint density at radius 1 is 0.911 bits per heavy atom. The lowest BCUT2D eigenvalue weighted by Gasteiger charge is -2.36. The number of amides is 5. The van der Waals surface area contributed by atoms with E-state index < -0.39 is 29.7 Å². The van der Waals surface area contributed by atoms with Gasteiger partial charge in [-0.3, -0.25) is 44.1 Å². The molecule has 282 valence electrons. The number of piperazine rings is 1. The third-order valence-corrected chi connectivity index (χ3v) is 11.0. The normalized spacial score (nSPS) is 17.1. The minimum Gasteiger partial charge on any atom is -0.369 e. The average Bonchev–Trinajstić information content (AvgIpc) is 3.44. The molecule has 0 spiro atoms. The van der Waals surface area contributed by atoms with Gasteiger partial charge in [0.25, 0.3) is 17.7 Å². The Morgan fingerprint density at radius 3 is 2.41 bits per heavy atom. The molecule has 3 aliphatic heterocycles. The molecule has 3 N–H and O–H groups in total. The highest BCUT2D eigenvalue weighted by Gasteiger charge is 2.45. The minimum atomic E-state index is -1.01. The third kappa shape index (κ3) is 7.50. The summed E-state index contributed by atoms with van der Waals surface area (Å²) in [7, 11) is 0. The van der Waals surface area contributed by atoms with Crippen molar-refractivity contribution in [1.29, 1.82) is 0 Å². The molecule has 5 aromatic rings. The third-order valence-electron chi connectivity index (χ3n) is 10.2. The van der Waals surface area contributed by atoms with Crippen molar-refractivity contribution in [3.05, 3.63) is 124 Å². The molecule has 0 radical (unpaired) electrons. The van der Waals surface area contributed by atoms with Crippen LogP contribution < -0.4 is 20.9 Å². The van der Waals surface area contributed by atoms with Gasteiger partial charge in [-0.05, 0) is 91.2 Å². The number of fused-ring (bicyclic) bond motifs is 1. The Morgan fingerprint density at radius 2 is 1.68 bits per heavy atom. The fourth-order valence-corrected chi connectivity index (χ4v) is 7.61. The number of benzene rings is 3. The second kappa shape index (κ2) is 15.4. The van der Waals surface area contributed by atoms with Gasteiger partial charge in [-0.1, -0.05) is 22.0 Å². The zero-order valence-electron chi connectivity index (χ0n) is 30.3. The fourth-order valence-electron chi connectivity index (χ4n) is 7.14. The predicted octanol–water partition coefficient (Wildman–Crippen LogP) is 5.33. The highest BCUT2D eigenvalue weighted by Crippen LogP contribution is 2.33. The molecule has 0 aliphatic carbocycles. The maximum atomic E-state index is 13.4. The van der Waals surface area contributed by atoms with Crippen LogP contribution in [0.2, 0.25) is 0 Å². The maximum Gasteiger partial charge on any atom is 0.262 e. The molecule has 8 rings (SSSR count). The van der Waals surface area contributed by atoms with Crippen molar-refractivity contribution >= 4 is 68.5 Å². The van der Waals surface area contributed by atoms with Crippen LogP contribution in [0.3, 0.4) is 0 Å². The van der Waals surface area contributed by atoms with E-state index in [0.717, 1.165) is 64.8 Å². The second-order valence-electron chi connectivity index (χ2n) is 13.9. The number of halogens is 1. The number of nitrogens with zero attached hydrogens (tertiary/aromatic N) is 6. The van der Waals surface area contributed by atoms with E-state index in [4.69, 9.17) is 0 Å². The summed E-state index contributed by atoms with van der Waals surface area (Å²) in [6, 6.07) is 21.2. The molecule has 2 saturated heterocycles. The van der Waals surface area contributed by atoms with Crippen LogP contribution in [0.4, 0.5) is 23.0 Å². The summed E-state index contributed by atoms with van der Waals surface area (Å²) >= 11 is 3.59. The number of rotatable bonds is 9. The predicted molar refractivity (Wildman–Crippen MR) is 212 cm³/mol. The maximum absolute atomic E-state index is 13.4. The van der Waals surface area contributed by atoms with E-state index in [-0.39, 0.29) is 29.9 Å². The summed E-state index contributed by atoms with van der Waals surface area (Å²) in [6.45, 7) is 5.54. The van der Waals surface area contributed by atoms with Gasteiger partial charge < -0.3 is 15.5 Å². The number of carbonyl (C=O) groups excluding carboxylic acids is 5. The summed E-state index contributed by atoms with van der Waals surface area (Å²) in [6.07, 6.45) is 5.33. The standard InChI is InChI=1S/C41H36BrN9O5/c1-24-4-7-28(20-34(24)47-41-44-14-12-33(46-41)26-3-2-13-43-22-26)45-37(53)25-5-8-29(9-6-25)50-17-15-49(16-18-50)23-27-19-30-31(21-32(27)42)40(56)51(39(30)55)35-10-11-36(52)48-38(35)54/h2-9,12-14,19-22,35H,10-11,15-18,23H2,1H3,(H,45,53)(H,44,46,47)(H,48,52,54). The number of anilines is 4. The van der Waals surface area contributed by atoms with Crippen molar-refractivity contribution in [3.8, 4) is 11.3 Å². The highest BCUT2D eigenvalue weighted by molar-refractivity contribution is 9.10. The van der Waals surface area contributed by atoms with Gasteiger partial charge in [0.1, 0.15) is 6.04 Å². The first kappa shape index (κ1) is 36.6. The largest absolute Gasteiger partial charge is 0.369 e. The molecule has 5 amide bonds. The van der Waals surface area contributed by atoms with Crippen LogP contribution in [0.1, 0.15) is 55.0 Å². The van der Waals surface area contributed by atoms with Gasteiger partial charge in [0, 0.05) is 90.4 Å². The molecule has 0 bridgehead atoms. The number of aromatic nitrogens is 3. The van der Waals surface area contributed by atoms with Gasteiger partial charge in [0.15, 0.2) is 0 Å². The summed E-state index contributed by atoms with van der Waals surface area (Å²) < 4.78 is 0.706. The molecular weight excluding hydrogens is 778 g/mol. The van der Waals surface area contributed by atoms with Crippen molar-refractivity contribution in [1.82, 2.24) is 30.1 Å². The summed E-state index contributed by atoms with van der Waals surface area (Å²) in [5, 5.41) is 8.50. The number of hydrogen-bond donors (Lipinski definition) is 3. The SMILES string of the molecule is Cc1ccc(NC(=O)c2ccc(N3CCN(Cc4cc5c(cc4Br)C(=O)N(C4CCC(=O)NC4=O)C5=O)CC3)cc2)cc1Nc1nccc(-c2cccnc2)n1. The van der Waals surface area contributed by atoms with E-state index in [1.165, 1.54) is 0 Å². The van der Waals surface area contributed by atoms with Gasteiger partial charge in [0.05, 0.1) is 16.8 Å². The summed E-state index contributed by atoms with van der Waals surface area (Å²) in [5.41, 5.74) is 6.89. The van der Waals surface area contributed by atoms with Gasteiger partial charge in [-0.15, -0.1) is 0 Å². The van der Waals surface area contributed by atoms with Crippen molar-refractivity contribution in [3.63, 3.8) is 0 Å². The molecule has 5 heterocycles. The number of piperidine rings is 1. The fraction of sp³-hybridized carbons (Fsp3) is 0.220. The minimum absolute atomic E-state index is 0.0692. The van der Waals surface area contributed by atoms with Crippen molar-refractivity contribution in [2.45, 2.75) is 32.4 Å². The van der Waals surface area contributed by atoms with E-state index in [0.29, 0.717) is 28.2 Å². The average molecular weight is 815 g/mol. The number of imide groups is 2. The van der Waals surface area contributed by atoms with E-state index in [9.17, 15) is 24.0 Å². The molecule has 3 aliphatic rings. The van der Waals surface area contributed by atoms with Crippen LogP contribution in [0.5, 0.6) is 0 Å². The number of pyridine rings is 1. The van der Waals surface area contributed by atoms with Crippen LogP contribution in [0, 0.1) is 6.92 Å². The molecule has 56 heavy (non-hydrogen) atoms. The first-order valence-electron chi connectivity index (χ1n) is 18.1. The number of hydrogen-bond acceptors (Lipinski definition) is 11. The first-order chi connectivity index (χ1) is 27.1. The van der Waals surface area contributed by atoms with Gasteiger partial charge in [-0.25, -0.2) is 9.97 Å². The highest BCUT2D eigenvalue weighted by atomic mass is 79.9. The smallest absolute Gasteiger partial charge is 0.262 e. The zero-order chi connectivity index (χ0) is 38.9. The monoisotopic (exact) mass is 813 g/mol. The Bertz CT molecular complexity index is 2380. The lowest BCUT2D eigenvalue weighted by molar-refractivity contribution is -0.136. The molecule has 3 aromatic carbocycles. The van der Waals surface area contributed by atoms with Crippen molar-refractivity contribution < 1.29 is 24.0 Å². The lowest BCUT2D eigenvalue weighted by atomic mass is 10.0. The van der Waals surface area contributed by atoms with Crippen LogP contribution in [-0.2, 0) is 16.1 Å².